The molecule has 3 nitrogen and oxygen atoms in total. The van der Waals surface area contributed by atoms with Crippen molar-refractivity contribution in [1.82, 2.24) is 10.2 Å². The quantitative estimate of drug-likeness (QED) is 0.720. The molecule has 0 saturated carbocycles. The van der Waals surface area contributed by atoms with Gasteiger partial charge in [-0.05, 0) is 58.5 Å². The minimum Gasteiger partial charge on any atom is -0.380 e. The molecule has 3 heteroatoms. The van der Waals surface area contributed by atoms with E-state index in [2.05, 4.69) is 44.8 Å². The van der Waals surface area contributed by atoms with Gasteiger partial charge in [0.15, 0.2) is 0 Å². The first-order chi connectivity index (χ1) is 8.87. The van der Waals surface area contributed by atoms with Gasteiger partial charge < -0.3 is 15.0 Å². The molecule has 0 aromatic rings. The maximum absolute atomic E-state index is 5.69. The summed E-state index contributed by atoms with van der Waals surface area (Å²) in [4.78, 5) is 2.57. The molecule has 1 aliphatic heterocycles. The lowest BCUT2D eigenvalue weighted by Gasteiger charge is -2.34. The Morgan fingerprint density at radius 1 is 1.32 bits per heavy atom. The van der Waals surface area contributed by atoms with Crippen molar-refractivity contribution in [1.29, 1.82) is 0 Å². The number of nitrogens with one attached hydrogen (secondary N) is 1. The van der Waals surface area contributed by atoms with Crippen LogP contribution >= 0.6 is 0 Å². The molecule has 0 aliphatic carbocycles. The molecule has 1 fully saturated rings. The van der Waals surface area contributed by atoms with E-state index in [9.17, 15) is 0 Å². The Kier molecular flexibility index (Phi) is 7.33. The first-order valence-corrected chi connectivity index (χ1v) is 7.92. The van der Waals surface area contributed by atoms with E-state index < -0.39 is 0 Å². The normalized spacial score (nSPS) is 22.1. The topological polar surface area (TPSA) is 24.5 Å². The van der Waals surface area contributed by atoms with Crippen molar-refractivity contribution in [3.8, 4) is 0 Å². The van der Waals surface area contributed by atoms with Gasteiger partial charge in [0.2, 0.25) is 0 Å². The van der Waals surface area contributed by atoms with Crippen LogP contribution in [-0.2, 0) is 4.74 Å². The predicted octanol–water partition coefficient (Wildman–Crippen LogP) is 2.76. The Labute approximate surface area is 120 Å². The van der Waals surface area contributed by atoms with Gasteiger partial charge in [0.05, 0.1) is 6.61 Å². The first kappa shape index (κ1) is 16.9. The van der Waals surface area contributed by atoms with Gasteiger partial charge in [0, 0.05) is 25.2 Å². The fourth-order valence-electron chi connectivity index (χ4n) is 2.48. The third-order valence-corrected chi connectivity index (χ3v) is 3.53. The van der Waals surface area contributed by atoms with Crippen molar-refractivity contribution in [3.05, 3.63) is 0 Å². The van der Waals surface area contributed by atoms with Crippen LogP contribution in [0.15, 0.2) is 0 Å². The zero-order valence-corrected chi connectivity index (χ0v) is 13.7. The van der Waals surface area contributed by atoms with Crippen molar-refractivity contribution in [2.45, 2.75) is 53.0 Å². The van der Waals surface area contributed by atoms with E-state index in [0.717, 1.165) is 32.2 Å². The van der Waals surface area contributed by atoms with Crippen molar-refractivity contribution in [3.63, 3.8) is 0 Å². The van der Waals surface area contributed by atoms with Gasteiger partial charge in [-0.2, -0.15) is 0 Å². The molecule has 1 heterocycles. The second-order valence-electron chi connectivity index (χ2n) is 7.41. The van der Waals surface area contributed by atoms with Gasteiger partial charge in [-0.3, -0.25) is 0 Å². The molecule has 0 aromatic carbocycles. The summed E-state index contributed by atoms with van der Waals surface area (Å²) < 4.78 is 5.69. The van der Waals surface area contributed by atoms with Crippen LogP contribution in [0, 0.1) is 11.8 Å². The Morgan fingerprint density at radius 3 is 2.68 bits per heavy atom. The van der Waals surface area contributed by atoms with Gasteiger partial charge >= 0.3 is 0 Å². The van der Waals surface area contributed by atoms with E-state index in [1.165, 1.54) is 25.9 Å². The number of hydrogen-bond acceptors (Lipinski definition) is 3. The molecule has 1 atom stereocenters. The highest BCUT2D eigenvalue weighted by atomic mass is 16.5. The smallest absolute Gasteiger partial charge is 0.0593 e. The lowest BCUT2D eigenvalue weighted by molar-refractivity contribution is 0.0703. The molecule has 1 unspecified atom stereocenters. The van der Waals surface area contributed by atoms with Crippen LogP contribution in [0.5, 0.6) is 0 Å². The second-order valence-corrected chi connectivity index (χ2v) is 7.41. The lowest BCUT2D eigenvalue weighted by atomic mass is 9.96. The van der Waals surface area contributed by atoms with Crippen LogP contribution in [-0.4, -0.2) is 49.8 Å². The standard InChI is InChI=1S/C16H34N2O/c1-14(2)13-19-10-9-18-8-6-7-15(12-18)11-17-16(3,4)5/h14-15,17H,6-13H2,1-5H3. The highest BCUT2D eigenvalue weighted by Gasteiger charge is 2.21. The molecule has 1 rings (SSSR count). The molecular formula is C16H34N2O. The average Bonchev–Trinajstić information content (AvgIpc) is 2.32. The number of piperidine rings is 1. The van der Waals surface area contributed by atoms with E-state index in [1.807, 2.05) is 0 Å². The summed E-state index contributed by atoms with van der Waals surface area (Å²) in [5, 5.41) is 3.64. The van der Waals surface area contributed by atoms with E-state index in [4.69, 9.17) is 4.74 Å². The molecule has 1 N–H and O–H groups in total. The van der Waals surface area contributed by atoms with Gasteiger partial charge in [0.25, 0.3) is 0 Å². The molecule has 0 aromatic heterocycles. The largest absolute Gasteiger partial charge is 0.380 e. The average molecular weight is 270 g/mol. The minimum absolute atomic E-state index is 0.239. The van der Waals surface area contributed by atoms with Crippen LogP contribution in [0.2, 0.25) is 0 Å². The Bertz CT molecular complexity index is 235. The Balaban J connectivity index is 2.15. The first-order valence-electron chi connectivity index (χ1n) is 7.92. The number of hydrogen-bond donors (Lipinski definition) is 1. The monoisotopic (exact) mass is 270 g/mol. The van der Waals surface area contributed by atoms with Crippen LogP contribution < -0.4 is 5.32 Å². The zero-order valence-electron chi connectivity index (χ0n) is 13.7. The molecule has 0 amide bonds. The van der Waals surface area contributed by atoms with Gasteiger partial charge in [-0.25, -0.2) is 0 Å². The van der Waals surface area contributed by atoms with Gasteiger partial charge in [-0.15, -0.1) is 0 Å². The van der Waals surface area contributed by atoms with Crippen molar-refractivity contribution in [2.75, 3.05) is 39.4 Å². The van der Waals surface area contributed by atoms with Crippen molar-refractivity contribution >= 4 is 0 Å². The summed E-state index contributed by atoms with van der Waals surface area (Å²) in [6.45, 7) is 17.6. The lowest BCUT2D eigenvalue weighted by Crippen LogP contribution is -2.45. The molecule has 1 saturated heterocycles. The maximum atomic E-state index is 5.69. The van der Waals surface area contributed by atoms with Gasteiger partial charge in [0.1, 0.15) is 0 Å². The van der Waals surface area contributed by atoms with Crippen LogP contribution in [0.1, 0.15) is 47.5 Å². The number of nitrogens with zero attached hydrogens (tertiary/aromatic N) is 1. The van der Waals surface area contributed by atoms with Crippen LogP contribution in [0.4, 0.5) is 0 Å². The SMILES string of the molecule is CC(C)COCCN1CCCC(CNC(C)(C)C)C1. The highest BCUT2D eigenvalue weighted by Crippen LogP contribution is 2.16. The van der Waals surface area contributed by atoms with Crippen LogP contribution in [0.3, 0.4) is 0 Å². The second kappa shape index (κ2) is 8.23. The summed E-state index contributed by atoms with van der Waals surface area (Å²) in [5.74, 6) is 1.45. The third-order valence-electron chi connectivity index (χ3n) is 3.53. The summed E-state index contributed by atoms with van der Waals surface area (Å²) in [7, 11) is 0. The van der Waals surface area contributed by atoms with E-state index in [1.54, 1.807) is 0 Å². The Hall–Kier alpha value is -0.120. The fourth-order valence-corrected chi connectivity index (χ4v) is 2.48. The van der Waals surface area contributed by atoms with Crippen molar-refractivity contribution in [2.24, 2.45) is 11.8 Å². The van der Waals surface area contributed by atoms with E-state index in [0.29, 0.717) is 5.92 Å². The molecule has 0 spiro atoms. The molecule has 19 heavy (non-hydrogen) atoms. The van der Waals surface area contributed by atoms with Gasteiger partial charge in [-0.1, -0.05) is 13.8 Å². The third kappa shape index (κ3) is 8.61. The zero-order chi connectivity index (χ0) is 14.3. The Morgan fingerprint density at radius 2 is 2.05 bits per heavy atom. The summed E-state index contributed by atoms with van der Waals surface area (Å²) >= 11 is 0. The molecule has 0 radical (unpaired) electrons. The number of likely N-dealkylation sites (tertiary alicyclic amines) is 1. The molecule has 1 aliphatic rings. The maximum Gasteiger partial charge on any atom is 0.0593 e. The van der Waals surface area contributed by atoms with Crippen molar-refractivity contribution < 1.29 is 4.74 Å². The fraction of sp³-hybridized carbons (Fsp3) is 1.00. The molecule has 0 bridgehead atoms. The number of rotatable bonds is 7. The molecule has 114 valence electrons. The van der Waals surface area contributed by atoms with E-state index >= 15 is 0 Å². The summed E-state index contributed by atoms with van der Waals surface area (Å²) in [6.07, 6.45) is 2.70. The summed E-state index contributed by atoms with van der Waals surface area (Å²) in [5.41, 5.74) is 0.239. The molecular weight excluding hydrogens is 236 g/mol. The minimum atomic E-state index is 0.239. The van der Waals surface area contributed by atoms with E-state index in [-0.39, 0.29) is 5.54 Å². The predicted molar refractivity (Wildman–Crippen MR) is 82.6 cm³/mol. The van der Waals surface area contributed by atoms with Crippen LogP contribution in [0.25, 0.3) is 0 Å². The number of ether oxygens (including phenoxy) is 1. The highest BCUT2D eigenvalue weighted by molar-refractivity contribution is 4.78. The summed E-state index contributed by atoms with van der Waals surface area (Å²) in [6, 6.07) is 0.